The zero-order chi connectivity index (χ0) is 16.5. The molecule has 10 heteroatoms. The van der Waals surface area contributed by atoms with E-state index in [2.05, 4.69) is 25.0 Å². The fourth-order valence-corrected chi connectivity index (χ4v) is 5.44. The summed E-state index contributed by atoms with van der Waals surface area (Å²) in [5.74, 6) is -0.0466. The van der Waals surface area contributed by atoms with E-state index in [0.717, 1.165) is 33.3 Å². The topological polar surface area (TPSA) is 85.5 Å². The van der Waals surface area contributed by atoms with Gasteiger partial charge in [0.25, 0.3) is 0 Å². The standard InChI is InChI=1S/C14H16N6O2SSe/c1-2-22-9(21)7-23-13-17-12-10-11(15-8-20(12)18-13)16-14(24-10)19-5-3-4-6-19/h8H,2-7H2,1H3. The van der Waals surface area contributed by atoms with Crippen LogP contribution in [0, 0.1) is 0 Å². The van der Waals surface area contributed by atoms with Gasteiger partial charge in [-0.3, -0.25) is 0 Å². The number of ether oxygens (including phenoxy) is 1. The minimum atomic E-state index is -0.256. The number of rotatable bonds is 5. The van der Waals surface area contributed by atoms with E-state index in [1.54, 1.807) is 17.8 Å². The first-order valence-electron chi connectivity index (χ1n) is 7.80. The summed E-state index contributed by atoms with van der Waals surface area (Å²) in [7, 11) is 0. The van der Waals surface area contributed by atoms with E-state index in [9.17, 15) is 4.79 Å². The molecule has 1 fully saturated rings. The third-order valence-electron chi connectivity index (χ3n) is 3.70. The van der Waals surface area contributed by atoms with Gasteiger partial charge in [0, 0.05) is 0 Å². The van der Waals surface area contributed by atoms with Gasteiger partial charge in [-0.25, -0.2) is 0 Å². The van der Waals surface area contributed by atoms with Crippen LogP contribution in [0.25, 0.3) is 15.6 Å². The van der Waals surface area contributed by atoms with Crippen LogP contribution in [0.5, 0.6) is 0 Å². The zero-order valence-corrected chi connectivity index (χ0v) is 15.7. The molecular formula is C14H16N6O2SSe. The van der Waals surface area contributed by atoms with Gasteiger partial charge >= 0.3 is 148 Å². The summed E-state index contributed by atoms with van der Waals surface area (Å²) in [5.41, 5.74) is 1.56. The van der Waals surface area contributed by atoms with Crippen LogP contribution in [0.4, 0.5) is 4.69 Å². The van der Waals surface area contributed by atoms with Crippen LogP contribution in [0.2, 0.25) is 0 Å². The van der Waals surface area contributed by atoms with Crippen molar-refractivity contribution in [2.45, 2.75) is 24.9 Å². The van der Waals surface area contributed by atoms with Crippen molar-refractivity contribution in [3.63, 3.8) is 0 Å². The molecule has 3 aromatic rings. The monoisotopic (exact) mass is 412 g/mol. The second kappa shape index (κ2) is 6.70. The van der Waals surface area contributed by atoms with Gasteiger partial charge in [0.15, 0.2) is 0 Å². The summed E-state index contributed by atoms with van der Waals surface area (Å²) < 4.78 is 8.81. The summed E-state index contributed by atoms with van der Waals surface area (Å²) in [6, 6.07) is 0. The van der Waals surface area contributed by atoms with Crippen molar-refractivity contribution in [2.75, 3.05) is 30.3 Å². The van der Waals surface area contributed by atoms with Crippen LogP contribution in [0.15, 0.2) is 11.5 Å². The van der Waals surface area contributed by atoms with Crippen molar-refractivity contribution in [3.05, 3.63) is 6.33 Å². The number of esters is 1. The van der Waals surface area contributed by atoms with Crippen LogP contribution in [0.3, 0.4) is 0 Å². The summed E-state index contributed by atoms with van der Waals surface area (Å²) >= 11 is 1.38. The predicted octanol–water partition coefficient (Wildman–Crippen LogP) is 0.985. The first-order valence-corrected chi connectivity index (χ1v) is 10.5. The van der Waals surface area contributed by atoms with Crippen molar-refractivity contribution in [1.29, 1.82) is 0 Å². The minimum absolute atomic E-state index is 0.102. The van der Waals surface area contributed by atoms with Crippen molar-refractivity contribution < 1.29 is 9.53 Å². The van der Waals surface area contributed by atoms with Crippen LogP contribution in [-0.2, 0) is 9.53 Å². The molecule has 3 aromatic heterocycles. The molecular weight excluding hydrogens is 395 g/mol. The average molecular weight is 411 g/mol. The summed E-state index contributed by atoms with van der Waals surface area (Å²) in [5, 5.41) is 4.95. The van der Waals surface area contributed by atoms with E-state index >= 15 is 0 Å². The molecule has 0 atom stereocenters. The number of anilines is 1. The number of aromatic nitrogens is 5. The number of hydrogen-bond donors (Lipinski definition) is 0. The van der Waals surface area contributed by atoms with Gasteiger partial charge in [-0.05, 0) is 0 Å². The number of carbonyl (C=O) groups excluding carboxylic acids is 1. The molecule has 0 aliphatic carbocycles. The van der Waals surface area contributed by atoms with Gasteiger partial charge in [0.2, 0.25) is 0 Å². The van der Waals surface area contributed by atoms with Crippen LogP contribution in [-0.4, -0.2) is 70.5 Å². The van der Waals surface area contributed by atoms with Gasteiger partial charge < -0.3 is 0 Å². The van der Waals surface area contributed by atoms with Crippen LogP contribution in [0.1, 0.15) is 19.8 Å². The van der Waals surface area contributed by atoms with E-state index < -0.39 is 0 Å². The molecule has 0 spiro atoms. The Morgan fingerprint density at radius 3 is 3.00 bits per heavy atom. The second-order valence-electron chi connectivity index (χ2n) is 5.34. The molecule has 0 radical (unpaired) electrons. The van der Waals surface area contributed by atoms with Gasteiger partial charge in [-0.1, -0.05) is 0 Å². The Morgan fingerprint density at radius 2 is 2.21 bits per heavy atom. The SMILES string of the molecule is CCOC(=O)CSc1nc2c3[se]c(N4CCCC4)nc3ncn2n1. The van der Waals surface area contributed by atoms with E-state index in [0.29, 0.717) is 11.8 Å². The first kappa shape index (κ1) is 15.9. The molecule has 0 amide bonds. The maximum atomic E-state index is 11.5. The molecule has 0 bridgehead atoms. The Hall–Kier alpha value is -1.64. The predicted molar refractivity (Wildman–Crippen MR) is 91.8 cm³/mol. The molecule has 4 rings (SSSR count). The van der Waals surface area contributed by atoms with Crippen molar-refractivity contribution in [1.82, 2.24) is 24.6 Å². The number of hydrogen-bond acceptors (Lipinski definition) is 8. The Balaban J connectivity index is 1.63. The van der Waals surface area contributed by atoms with Gasteiger partial charge in [0.1, 0.15) is 0 Å². The molecule has 1 aliphatic heterocycles. The fourth-order valence-electron chi connectivity index (χ4n) is 2.61. The normalized spacial score (nSPS) is 14.8. The van der Waals surface area contributed by atoms with E-state index in [4.69, 9.17) is 4.74 Å². The molecule has 4 heterocycles. The number of fused-ring (bicyclic) bond motifs is 3. The third kappa shape index (κ3) is 3.01. The van der Waals surface area contributed by atoms with Gasteiger partial charge in [-0.2, -0.15) is 0 Å². The Labute approximate surface area is 148 Å². The molecule has 1 saturated heterocycles. The molecule has 24 heavy (non-hydrogen) atoms. The summed E-state index contributed by atoms with van der Waals surface area (Å²) in [6.45, 7) is 4.34. The van der Waals surface area contributed by atoms with E-state index in [-0.39, 0.29) is 26.2 Å². The van der Waals surface area contributed by atoms with Crippen LogP contribution < -0.4 is 4.90 Å². The maximum absolute atomic E-state index is 11.5. The Morgan fingerprint density at radius 1 is 1.38 bits per heavy atom. The van der Waals surface area contributed by atoms with Gasteiger partial charge in [-0.15, -0.1) is 0 Å². The molecule has 0 aromatic carbocycles. The Bertz CT molecular complexity index is 888. The van der Waals surface area contributed by atoms with E-state index in [1.165, 1.54) is 24.6 Å². The van der Waals surface area contributed by atoms with Crippen molar-refractivity contribution in [3.8, 4) is 0 Å². The first-order chi connectivity index (χ1) is 11.7. The summed E-state index contributed by atoms with van der Waals surface area (Å²) in [4.78, 5) is 27.5. The van der Waals surface area contributed by atoms with Crippen molar-refractivity contribution in [2.24, 2.45) is 0 Å². The molecule has 0 unspecified atom stereocenters. The Kier molecular flexibility index (Phi) is 4.43. The fraction of sp³-hybridized carbons (Fsp3) is 0.500. The average Bonchev–Trinajstić information content (AvgIpc) is 3.29. The molecule has 0 N–H and O–H groups in total. The molecule has 1 aliphatic rings. The zero-order valence-electron chi connectivity index (χ0n) is 13.1. The van der Waals surface area contributed by atoms with Crippen molar-refractivity contribution >= 4 is 52.5 Å². The van der Waals surface area contributed by atoms with Crippen LogP contribution >= 0.6 is 11.8 Å². The number of thioether (sulfide) groups is 1. The molecule has 0 saturated carbocycles. The number of carbonyl (C=O) groups is 1. The van der Waals surface area contributed by atoms with E-state index in [1.807, 2.05) is 0 Å². The molecule has 126 valence electrons. The second-order valence-corrected chi connectivity index (χ2v) is 8.34. The number of nitrogens with zero attached hydrogens (tertiary/aromatic N) is 6. The molecule has 8 nitrogen and oxygen atoms in total. The summed E-state index contributed by atoms with van der Waals surface area (Å²) in [6.07, 6.45) is 4.10. The quantitative estimate of drug-likeness (QED) is 0.349. The van der Waals surface area contributed by atoms with Gasteiger partial charge in [0.05, 0.1) is 0 Å². The third-order valence-corrected chi connectivity index (χ3v) is 6.83.